The van der Waals surface area contributed by atoms with Crippen LogP contribution in [0.1, 0.15) is 26.3 Å². The van der Waals surface area contributed by atoms with Crippen LogP contribution < -0.4 is 5.32 Å². The lowest BCUT2D eigenvalue weighted by atomic mass is 9.97. The normalized spacial score (nSPS) is 10.9. The van der Waals surface area contributed by atoms with E-state index in [0.29, 0.717) is 10.6 Å². The number of hydrogen-bond donors (Lipinski definition) is 1. The third-order valence-electron chi connectivity index (χ3n) is 1.93. The van der Waals surface area contributed by atoms with Crippen molar-refractivity contribution in [2.45, 2.75) is 20.8 Å². The van der Waals surface area contributed by atoms with E-state index in [9.17, 15) is 0 Å². The summed E-state index contributed by atoms with van der Waals surface area (Å²) in [5, 5.41) is 12.7. The highest BCUT2D eigenvalue weighted by Gasteiger charge is 2.12. The van der Waals surface area contributed by atoms with Gasteiger partial charge in [-0.05, 0) is 17.5 Å². The van der Waals surface area contributed by atoms with Gasteiger partial charge in [-0.3, -0.25) is 0 Å². The Balaban J connectivity index is 2.87. The molecule has 0 saturated heterocycles. The number of rotatable bonds is 2. The second-order valence-corrected chi connectivity index (χ2v) is 5.10. The third-order valence-corrected chi connectivity index (χ3v) is 2.25. The Kier molecular flexibility index (Phi) is 3.60. The van der Waals surface area contributed by atoms with Crippen LogP contribution in [0, 0.1) is 16.7 Å². The van der Waals surface area contributed by atoms with Gasteiger partial charge < -0.3 is 5.32 Å². The van der Waals surface area contributed by atoms with Crippen molar-refractivity contribution in [3.05, 3.63) is 28.8 Å². The van der Waals surface area contributed by atoms with E-state index in [1.54, 1.807) is 6.07 Å². The van der Waals surface area contributed by atoms with Crippen LogP contribution in [0.4, 0.5) is 5.69 Å². The molecule has 0 aliphatic carbocycles. The zero-order chi connectivity index (χ0) is 11.5. The monoisotopic (exact) mass is 222 g/mol. The van der Waals surface area contributed by atoms with Crippen LogP contribution in [0.5, 0.6) is 0 Å². The molecule has 0 amide bonds. The van der Waals surface area contributed by atoms with Crippen LogP contribution >= 0.6 is 11.6 Å². The number of nitriles is 1. The van der Waals surface area contributed by atoms with Crippen LogP contribution in [0.15, 0.2) is 18.2 Å². The highest BCUT2D eigenvalue weighted by molar-refractivity contribution is 6.32. The van der Waals surface area contributed by atoms with Crippen LogP contribution in [0.25, 0.3) is 0 Å². The molecule has 3 heteroatoms. The fraction of sp³-hybridized carbons (Fsp3) is 0.417. The minimum Gasteiger partial charge on any atom is -0.383 e. The van der Waals surface area contributed by atoms with Crippen molar-refractivity contribution in [2.75, 3.05) is 11.9 Å². The molecule has 1 rings (SSSR count). The summed E-state index contributed by atoms with van der Waals surface area (Å²) in [5.74, 6) is 0. The van der Waals surface area contributed by atoms with Gasteiger partial charge in [0.1, 0.15) is 6.07 Å². The molecule has 1 N–H and O–H groups in total. The Morgan fingerprint density at radius 1 is 1.40 bits per heavy atom. The fourth-order valence-electron chi connectivity index (χ4n) is 1.15. The topological polar surface area (TPSA) is 35.8 Å². The summed E-state index contributed by atoms with van der Waals surface area (Å²) in [6, 6.07) is 7.54. The van der Waals surface area contributed by atoms with E-state index in [2.05, 4.69) is 32.2 Å². The Morgan fingerprint density at radius 2 is 2.07 bits per heavy atom. The average Bonchev–Trinajstić information content (AvgIpc) is 2.13. The van der Waals surface area contributed by atoms with Gasteiger partial charge in [0.2, 0.25) is 0 Å². The van der Waals surface area contributed by atoms with E-state index in [0.717, 1.165) is 12.2 Å². The first-order valence-corrected chi connectivity index (χ1v) is 5.24. The lowest BCUT2D eigenvalue weighted by Crippen LogP contribution is -2.19. The van der Waals surface area contributed by atoms with Gasteiger partial charge in [-0.25, -0.2) is 0 Å². The molecule has 0 spiro atoms. The summed E-state index contributed by atoms with van der Waals surface area (Å²) in [6.07, 6.45) is 0. The molecular formula is C12H15ClN2. The minimum atomic E-state index is 0.176. The molecule has 80 valence electrons. The molecule has 0 aliphatic heterocycles. The molecule has 0 unspecified atom stereocenters. The molecular weight excluding hydrogens is 208 g/mol. The highest BCUT2D eigenvalue weighted by Crippen LogP contribution is 2.24. The van der Waals surface area contributed by atoms with Gasteiger partial charge in [0.05, 0.1) is 16.3 Å². The number of hydrogen-bond acceptors (Lipinski definition) is 2. The fourth-order valence-corrected chi connectivity index (χ4v) is 1.36. The number of nitrogens with zero attached hydrogens (tertiary/aromatic N) is 1. The van der Waals surface area contributed by atoms with Crippen molar-refractivity contribution in [2.24, 2.45) is 5.41 Å². The van der Waals surface area contributed by atoms with Gasteiger partial charge in [-0.15, -0.1) is 0 Å². The van der Waals surface area contributed by atoms with E-state index >= 15 is 0 Å². The van der Waals surface area contributed by atoms with E-state index < -0.39 is 0 Å². The van der Waals surface area contributed by atoms with Crippen molar-refractivity contribution in [3.63, 3.8) is 0 Å². The predicted octanol–water partition coefficient (Wildman–Crippen LogP) is 3.67. The van der Waals surface area contributed by atoms with Crippen LogP contribution in [0.2, 0.25) is 5.02 Å². The maximum Gasteiger partial charge on any atom is 0.103 e. The van der Waals surface area contributed by atoms with Gasteiger partial charge in [0, 0.05) is 6.54 Å². The first kappa shape index (κ1) is 11.9. The predicted molar refractivity (Wildman–Crippen MR) is 64.1 cm³/mol. The first-order chi connectivity index (χ1) is 6.94. The van der Waals surface area contributed by atoms with E-state index in [-0.39, 0.29) is 5.41 Å². The lowest BCUT2D eigenvalue weighted by molar-refractivity contribution is 0.443. The smallest absolute Gasteiger partial charge is 0.103 e. The van der Waals surface area contributed by atoms with Crippen LogP contribution in [-0.2, 0) is 0 Å². The first-order valence-electron chi connectivity index (χ1n) is 4.86. The Bertz CT molecular complexity index is 386. The van der Waals surface area contributed by atoms with E-state index in [4.69, 9.17) is 16.9 Å². The summed E-state index contributed by atoms with van der Waals surface area (Å²) in [5.41, 5.74) is 1.50. The maximum atomic E-state index is 8.95. The molecule has 0 atom stereocenters. The summed E-state index contributed by atoms with van der Waals surface area (Å²) in [4.78, 5) is 0. The van der Waals surface area contributed by atoms with E-state index in [1.165, 1.54) is 0 Å². The van der Waals surface area contributed by atoms with E-state index in [1.807, 2.05) is 12.1 Å². The molecule has 1 aromatic rings. The van der Waals surface area contributed by atoms with Gasteiger partial charge >= 0.3 is 0 Å². The van der Waals surface area contributed by atoms with Gasteiger partial charge in [0.25, 0.3) is 0 Å². The Labute approximate surface area is 95.9 Å². The summed E-state index contributed by atoms with van der Waals surface area (Å²) in [6.45, 7) is 7.21. The summed E-state index contributed by atoms with van der Waals surface area (Å²) in [7, 11) is 0. The molecule has 0 radical (unpaired) electrons. The Hall–Kier alpha value is -1.20. The molecule has 1 aromatic carbocycles. The zero-order valence-corrected chi connectivity index (χ0v) is 10.0. The SMILES string of the molecule is CC(C)(C)CNc1cccc(Cl)c1C#N. The number of anilines is 1. The van der Waals surface area contributed by atoms with Gasteiger partial charge in [0.15, 0.2) is 0 Å². The van der Waals surface area contributed by atoms with Gasteiger partial charge in [-0.1, -0.05) is 38.4 Å². The quantitative estimate of drug-likeness (QED) is 0.829. The van der Waals surface area contributed by atoms with Crippen molar-refractivity contribution >= 4 is 17.3 Å². The number of benzene rings is 1. The van der Waals surface area contributed by atoms with Crippen molar-refractivity contribution in [1.82, 2.24) is 0 Å². The maximum absolute atomic E-state index is 8.95. The average molecular weight is 223 g/mol. The molecule has 2 nitrogen and oxygen atoms in total. The molecule has 0 aliphatic rings. The molecule has 0 fully saturated rings. The highest BCUT2D eigenvalue weighted by atomic mass is 35.5. The lowest BCUT2D eigenvalue weighted by Gasteiger charge is -2.20. The number of nitrogens with one attached hydrogen (secondary N) is 1. The second kappa shape index (κ2) is 4.55. The largest absolute Gasteiger partial charge is 0.383 e. The minimum absolute atomic E-state index is 0.176. The molecule has 15 heavy (non-hydrogen) atoms. The molecule has 0 heterocycles. The van der Waals surface area contributed by atoms with Crippen molar-refractivity contribution < 1.29 is 0 Å². The Morgan fingerprint density at radius 3 is 2.60 bits per heavy atom. The zero-order valence-electron chi connectivity index (χ0n) is 9.26. The van der Waals surface area contributed by atoms with Crippen molar-refractivity contribution in [1.29, 1.82) is 5.26 Å². The third kappa shape index (κ3) is 3.45. The molecule has 0 aromatic heterocycles. The van der Waals surface area contributed by atoms with Crippen LogP contribution in [0.3, 0.4) is 0 Å². The molecule has 0 saturated carbocycles. The standard InChI is InChI=1S/C12H15ClN2/c1-12(2,3)8-15-11-6-4-5-10(13)9(11)7-14/h4-6,15H,8H2,1-3H3. The van der Waals surface area contributed by atoms with Gasteiger partial charge in [-0.2, -0.15) is 5.26 Å². The number of halogens is 1. The molecule has 0 bridgehead atoms. The van der Waals surface area contributed by atoms with Crippen molar-refractivity contribution in [3.8, 4) is 6.07 Å². The second-order valence-electron chi connectivity index (χ2n) is 4.69. The summed E-state index contributed by atoms with van der Waals surface area (Å²) < 4.78 is 0. The van der Waals surface area contributed by atoms with Crippen LogP contribution in [-0.4, -0.2) is 6.54 Å². The summed E-state index contributed by atoms with van der Waals surface area (Å²) >= 11 is 5.92.